The minimum Gasteiger partial charge on any atom is -0.469 e. The molecule has 1 N–H and O–H groups in total. The third-order valence-corrected chi connectivity index (χ3v) is 4.62. The molecule has 0 saturated carbocycles. The Morgan fingerprint density at radius 2 is 2.20 bits per heavy atom. The second-order valence-corrected chi connectivity index (χ2v) is 7.34. The van der Waals surface area contributed by atoms with E-state index in [9.17, 15) is 0 Å². The molecule has 20 heavy (non-hydrogen) atoms. The predicted molar refractivity (Wildman–Crippen MR) is 83.9 cm³/mol. The van der Waals surface area contributed by atoms with Crippen LogP contribution in [0.4, 0.5) is 0 Å². The predicted octanol–water partition coefficient (Wildman–Crippen LogP) is 3.31. The van der Waals surface area contributed by atoms with Crippen LogP contribution in [0.15, 0.2) is 22.8 Å². The highest BCUT2D eigenvalue weighted by molar-refractivity contribution is 4.99. The van der Waals surface area contributed by atoms with Crippen molar-refractivity contribution in [1.29, 1.82) is 0 Å². The monoisotopic (exact) mass is 278 g/mol. The molecule has 2 heterocycles. The van der Waals surface area contributed by atoms with Crippen molar-refractivity contribution >= 4 is 0 Å². The lowest BCUT2D eigenvalue weighted by molar-refractivity contribution is 0.0597. The van der Waals surface area contributed by atoms with Gasteiger partial charge in [-0.1, -0.05) is 20.8 Å². The molecular weight excluding hydrogens is 248 g/mol. The Hall–Kier alpha value is -0.800. The number of furan rings is 1. The lowest BCUT2D eigenvalue weighted by Gasteiger charge is -2.46. The summed E-state index contributed by atoms with van der Waals surface area (Å²) in [5.74, 6) is 1.10. The number of hydrogen-bond donors (Lipinski definition) is 1. The molecule has 3 unspecified atom stereocenters. The summed E-state index contributed by atoms with van der Waals surface area (Å²) in [6.07, 6.45) is 3.96. The Kier molecular flexibility index (Phi) is 4.92. The van der Waals surface area contributed by atoms with Gasteiger partial charge in [-0.3, -0.25) is 4.90 Å². The van der Waals surface area contributed by atoms with E-state index < -0.39 is 0 Å². The summed E-state index contributed by atoms with van der Waals surface area (Å²) in [7, 11) is 0. The first-order valence-electron chi connectivity index (χ1n) is 7.89. The van der Waals surface area contributed by atoms with E-state index in [0.717, 1.165) is 31.7 Å². The normalized spacial score (nSPS) is 26.6. The van der Waals surface area contributed by atoms with Crippen molar-refractivity contribution < 1.29 is 4.42 Å². The molecule has 114 valence electrons. The third kappa shape index (κ3) is 3.86. The first kappa shape index (κ1) is 15.6. The van der Waals surface area contributed by atoms with E-state index in [-0.39, 0.29) is 0 Å². The molecule has 1 aromatic rings. The minimum absolute atomic E-state index is 0.319. The highest BCUT2D eigenvalue weighted by Gasteiger charge is 2.34. The molecule has 0 bridgehead atoms. The zero-order chi connectivity index (χ0) is 14.8. The second-order valence-electron chi connectivity index (χ2n) is 7.34. The standard InChI is InChI=1S/C17H30N2O/c1-13(8-9-15-7-6-10-20-15)19-12-16(17(3,4)5)18-11-14(19)2/h6-7,10,13-14,16,18H,8-9,11-12H2,1-5H3. The van der Waals surface area contributed by atoms with Crippen LogP contribution in [0.2, 0.25) is 0 Å². The van der Waals surface area contributed by atoms with Crippen molar-refractivity contribution in [1.82, 2.24) is 10.2 Å². The Balaban J connectivity index is 1.91. The van der Waals surface area contributed by atoms with Crippen LogP contribution >= 0.6 is 0 Å². The molecule has 0 aromatic carbocycles. The van der Waals surface area contributed by atoms with Crippen LogP contribution in [-0.2, 0) is 6.42 Å². The van der Waals surface area contributed by atoms with E-state index in [0.29, 0.717) is 23.5 Å². The largest absolute Gasteiger partial charge is 0.469 e. The summed E-state index contributed by atoms with van der Waals surface area (Å²) in [4.78, 5) is 2.66. The molecule has 1 aromatic heterocycles. The molecule has 1 aliphatic heterocycles. The van der Waals surface area contributed by atoms with Gasteiger partial charge < -0.3 is 9.73 Å². The molecule has 3 nitrogen and oxygen atoms in total. The van der Waals surface area contributed by atoms with E-state index >= 15 is 0 Å². The fourth-order valence-electron chi connectivity index (χ4n) is 3.05. The van der Waals surface area contributed by atoms with Gasteiger partial charge in [-0.05, 0) is 37.8 Å². The number of nitrogens with zero attached hydrogens (tertiary/aromatic N) is 1. The number of nitrogens with one attached hydrogen (secondary N) is 1. The van der Waals surface area contributed by atoms with E-state index in [1.54, 1.807) is 6.26 Å². The van der Waals surface area contributed by atoms with Gasteiger partial charge in [0, 0.05) is 37.6 Å². The Morgan fingerprint density at radius 3 is 2.80 bits per heavy atom. The summed E-state index contributed by atoms with van der Waals surface area (Å²) in [5, 5.41) is 3.70. The fourth-order valence-corrected chi connectivity index (χ4v) is 3.05. The molecule has 1 aliphatic rings. The van der Waals surface area contributed by atoms with Crippen molar-refractivity contribution in [2.75, 3.05) is 13.1 Å². The highest BCUT2D eigenvalue weighted by Crippen LogP contribution is 2.25. The third-order valence-electron chi connectivity index (χ3n) is 4.62. The van der Waals surface area contributed by atoms with Crippen molar-refractivity contribution in [2.24, 2.45) is 5.41 Å². The van der Waals surface area contributed by atoms with Gasteiger partial charge in [0.05, 0.1) is 6.26 Å². The number of hydrogen-bond acceptors (Lipinski definition) is 3. The van der Waals surface area contributed by atoms with E-state index in [1.165, 1.54) is 0 Å². The molecule has 0 spiro atoms. The van der Waals surface area contributed by atoms with Gasteiger partial charge in [0.2, 0.25) is 0 Å². The van der Waals surface area contributed by atoms with Gasteiger partial charge in [0.15, 0.2) is 0 Å². The molecule has 0 amide bonds. The molecule has 1 fully saturated rings. The van der Waals surface area contributed by atoms with Gasteiger partial charge in [0.25, 0.3) is 0 Å². The quantitative estimate of drug-likeness (QED) is 0.916. The summed E-state index contributed by atoms with van der Waals surface area (Å²) in [6.45, 7) is 13.9. The van der Waals surface area contributed by atoms with E-state index in [1.807, 2.05) is 6.07 Å². The van der Waals surface area contributed by atoms with Crippen molar-refractivity contribution in [3.8, 4) is 0 Å². The van der Waals surface area contributed by atoms with Gasteiger partial charge in [0.1, 0.15) is 5.76 Å². The summed E-state index contributed by atoms with van der Waals surface area (Å²) >= 11 is 0. The maximum atomic E-state index is 5.44. The van der Waals surface area contributed by atoms with Crippen LogP contribution in [0.3, 0.4) is 0 Å². The van der Waals surface area contributed by atoms with Crippen LogP contribution in [0.5, 0.6) is 0 Å². The van der Waals surface area contributed by atoms with E-state index in [4.69, 9.17) is 4.42 Å². The topological polar surface area (TPSA) is 28.4 Å². The summed E-state index contributed by atoms with van der Waals surface area (Å²) in [5.41, 5.74) is 0.319. The maximum absolute atomic E-state index is 5.44. The molecule has 3 atom stereocenters. The lowest BCUT2D eigenvalue weighted by atomic mass is 9.84. The Bertz CT molecular complexity index is 394. The SMILES string of the molecule is CC(CCc1ccco1)N1CC(C(C)(C)C)NCC1C. The second kappa shape index (κ2) is 6.31. The molecule has 2 rings (SSSR count). The smallest absolute Gasteiger partial charge is 0.103 e. The van der Waals surface area contributed by atoms with Gasteiger partial charge in [-0.25, -0.2) is 0 Å². The first-order valence-corrected chi connectivity index (χ1v) is 7.89. The zero-order valence-corrected chi connectivity index (χ0v) is 13.6. The fraction of sp³-hybridized carbons (Fsp3) is 0.765. The van der Waals surface area contributed by atoms with Gasteiger partial charge in [-0.2, -0.15) is 0 Å². The molecule has 0 radical (unpaired) electrons. The Labute approximate surface area is 123 Å². The maximum Gasteiger partial charge on any atom is 0.103 e. The lowest BCUT2D eigenvalue weighted by Crippen LogP contribution is -2.61. The average Bonchev–Trinajstić information content (AvgIpc) is 2.88. The number of rotatable bonds is 4. The number of piperazine rings is 1. The van der Waals surface area contributed by atoms with Crippen LogP contribution in [0, 0.1) is 5.41 Å². The van der Waals surface area contributed by atoms with Gasteiger partial charge >= 0.3 is 0 Å². The van der Waals surface area contributed by atoms with Crippen molar-refractivity contribution in [3.63, 3.8) is 0 Å². The highest BCUT2D eigenvalue weighted by atomic mass is 16.3. The molecular formula is C17H30N2O. The number of aryl methyl sites for hydroxylation is 1. The molecule has 3 heteroatoms. The van der Waals surface area contributed by atoms with Crippen molar-refractivity contribution in [3.05, 3.63) is 24.2 Å². The first-order chi connectivity index (χ1) is 9.38. The van der Waals surface area contributed by atoms with Gasteiger partial charge in [-0.15, -0.1) is 0 Å². The Morgan fingerprint density at radius 1 is 1.45 bits per heavy atom. The van der Waals surface area contributed by atoms with Crippen LogP contribution < -0.4 is 5.32 Å². The van der Waals surface area contributed by atoms with E-state index in [2.05, 4.69) is 50.9 Å². The minimum atomic E-state index is 0.319. The van der Waals surface area contributed by atoms with Crippen LogP contribution in [0.1, 0.15) is 46.8 Å². The van der Waals surface area contributed by atoms with Crippen LogP contribution in [-0.4, -0.2) is 36.1 Å². The molecule has 0 aliphatic carbocycles. The zero-order valence-electron chi connectivity index (χ0n) is 13.6. The van der Waals surface area contributed by atoms with Crippen LogP contribution in [0.25, 0.3) is 0 Å². The average molecular weight is 278 g/mol. The summed E-state index contributed by atoms with van der Waals surface area (Å²) in [6, 6.07) is 5.83. The van der Waals surface area contributed by atoms with Crippen molar-refractivity contribution in [2.45, 2.75) is 65.6 Å². The summed E-state index contributed by atoms with van der Waals surface area (Å²) < 4.78 is 5.44. The molecule has 1 saturated heterocycles.